The molecule has 0 aliphatic rings. The van der Waals surface area contributed by atoms with Crippen molar-refractivity contribution in [1.29, 1.82) is 0 Å². The Bertz CT molecular complexity index is 1310. The first kappa shape index (κ1) is 57.2. The van der Waals surface area contributed by atoms with Crippen molar-refractivity contribution in [1.82, 2.24) is 0 Å². The van der Waals surface area contributed by atoms with E-state index in [0.29, 0.717) is 12.8 Å². The Morgan fingerprint density at radius 2 is 0.951 bits per heavy atom. The van der Waals surface area contributed by atoms with Crippen molar-refractivity contribution >= 4 is 17.9 Å². The molecule has 8 heteroatoms. The molecule has 346 valence electrons. The van der Waals surface area contributed by atoms with Gasteiger partial charge in [-0.15, -0.1) is 0 Å². The highest BCUT2D eigenvalue weighted by Gasteiger charge is 2.25. The zero-order valence-electron chi connectivity index (χ0n) is 39.3. The highest BCUT2D eigenvalue weighted by Crippen LogP contribution is 2.14. The monoisotopic (exact) mass is 850 g/mol. The summed E-state index contributed by atoms with van der Waals surface area (Å²) in [4.78, 5) is 37.0. The van der Waals surface area contributed by atoms with Crippen LogP contribution in [0.15, 0.2) is 97.2 Å². The number of quaternary nitrogens is 1. The molecular weight excluding hydrogens is 763 g/mol. The van der Waals surface area contributed by atoms with E-state index in [0.717, 1.165) is 96.3 Å². The van der Waals surface area contributed by atoms with Gasteiger partial charge in [-0.2, -0.15) is 0 Å². The Balaban J connectivity index is 4.33. The van der Waals surface area contributed by atoms with E-state index in [1.54, 1.807) is 21.1 Å². The van der Waals surface area contributed by atoms with Crippen molar-refractivity contribution in [3.63, 3.8) is 0 Å². The van der Waals surface area contributed by atoms with E-state index in [4.69, 9.17) is 14.2 Å². The van der Waals surface area contributed by atoms with Crippen LogP contribution in [-0.2, 0) is 28.6 Å². The van der Waals surface area contributed by atoms with Crippen molar-refractivity contribution < 1.29 is 38.2 Å². The number of likely N-dealkylation sites (N-methyl/N-ethyl adjacent to an activating group) is 1. The quantitative estimate of drug-likeness (QED) is 0.0198. The maximum atomic E-state index is 12.8. The summed E-state index contributed by atoms with van der Waals surface area (Å²) >= 11 is 0. The topological polar surface area (TPSA) is 102 Å². The fourth-order valence-corrected chi connectivity index (χ4v) is 6.42. The summed E-state index contributed by atoms with van der Waals surface area (Å²) in [6, 6.07) is -0.736. The number of hydrogen-bond acceptors (Lipinski definition) is 7. The number of esters is 2. The minimum absolute atomic E-state index is 0.0244. The van der Waals surface area contributed by atoms with E-state index in [1.165, 1.54) is 38.5 Å². The van der Waals surface area contributed by atoms with Crippen LogP contribution in [-0.4, -0.2) is 75.5 Å². The molecule has 0 bridgehead atoms. The third kappa shape index (κ3) is 41.4. The molecule has 0 amide bonds. The van der Waals surface area contributed by atoms with E-state index in [9.17, 15) is 19.5 Å². The lowest BCUT2D eigenvalue weighted by atomic mass is 10.1. The van der Waals surface area contributed by atoms with Gasteiger partial charge in [-0.05, 0) is 70.6 Å². The molecule has 0 radical (unpaired) electrons. The summed E-state index contributed by atoms with van der Waals surface area (Å²) in [6.45, 7) is 4.37. The number of carbonyl (C=O) groups excluding carboxylic acids is 3. The van der Waals surface area contributed by atoms with E-state index in [2.05, 4.69) is 80.7 Å². The number of carbonyl (C=O) groups is 3. The summed E-state index contributed by atoms with van der Waals surface area (Å²) in [5, 5.41) is 11.6. The lowest BCUT2D eigenvalue weighted by Crippen LogP contribution is -2.55. The number of aliphatic carboxylic acids is 1. The molecule has 0 rings (SSSR count). The van der Waals surface area contributed by atoms with Crippen molar-refractivity contribution in [3.05, 3.63) is 97.2 Å². The number of rotatable bonds is 41. The second-order valence-electron chi connectivity index (χ2n) is 16.7. The van der Waals surface area contributed by atoms with Crippen LogP contribution in [0.25, 0.3) is 0 Å². The van der Waals surface area contributed by atoms with Crippen LogP contribution < -0.4 is 5.11 Å². The van der Waals surface area contributed by atoms with Crippen molar-refractivity contribution in [3.8, 4) is 0 Å². The van der Waals surface area contributed by atoms with Gasteiger partial charge < -0.3 is 28.6 Å². The van der Waals surface area contributed by atoms with Crippen molar-refractivity contribution in [2.24, 2.45) is 0 Å². The van der Waals surface area contributed by atoms with Crippen LogP contribution in [0.4, 0.5) is 0 Å². The van der Waals surface area contributed by atoms with Crippen LogP contribution in [0, 0.1) is 0 Å². The molecule has 2 unspecified atom stereocenters. The number of hydrogen-bond donors (Lipinski definition) is 0. The molecule has 0 heterocycles. The molecule has 61 heavy (non-hydrogen) atoms. The lowest BCUT2D eigenvalue weighted by Gasteiger charge is -2.34. The Labute approximate surface area is 373 Å². The number of carboxylic acids is 1. The standard InChI is InChI=1S/C53H87NO7/c1-6-8-10-12-14-16-18-20-22-23-24-25-26-27-28-30-32-34-36-38-40-42-44-52(56)61-49(47-59-46-45-50(53(57)58)54(3,4)5)48-60-51(55)43-41-39-37-35-33-31-29-21-19-17-15-13-11-9-7-2/h8-11,13-17,19-22,24-25,29,49-50H,6-7,12,18,23,26-28,30-48H2,1-5H3/b10-8+,11-9+,15-13+,16-14+,19-17+,22-20+,25-24+,29-21+. The Hall–Kier alpha value is -3.75. The molecule has 0 aliphatic carbocycles. The zero-order valence-corrected chi connectivity index (χ0v) is 39.3. The fraction of sp³-hybridized carbons (Fsp3) is 0.642. The van der Waals surface area contributed by atoms with E-state index >= 15 is 0 Å². The largest absolute Gasteiger partial charge is 0.544 e. The van der Waals surface area contributed by atoms with Gasteiger partial charge in [-0.3, -0.25) is 9.59 Å². The highest BCUT2D eigenvalue weighted by molar-refractivity contribution is 5.70. The second kappa shape index (κ2) is 42.9. The predicted molar refractivity (Wildman–Crippen MR) is 254 cm³/mol. The molecule has 0 saturated carbocycles. The number of ether oxygens (including phenoxy) is 3. The number of nitrogens with zero attached hydrogens (tertiary/aromatic N) is 1. The van der Waals surface area contributed by atoms with Gasteiger partial charge in [0.15, 0.2) is 6.10 Å². The highest BCUT2D eigenvalue weighted by atomic mass is 16.6. The minimum atomic E-state index is -1.13. The van der Waals surface area contributed by atoms with Gasteiger partial charge in [0.05, 0.1) is 40.3 Å². The smallest absolute Gasteiger partial charge is 0.306 e. The molecule has 0 N–H and O–H groups in total. The first-order valence-electron chi connectivity index (χ1n) is 23.8. The molecule has 8 nitrogen and oxygen atoms in total. The summed E-state index contributed by atoms with van der Waals surface area (Å²) in [5.41, 5.74) is 0. The van der Waals surface area contributed by atoms with Gasteiger partial charge >= 0.3 is 11.9 Å². The molecule has 2 atom stereocenters. The van der Waals surface area contributed by atoms with Crippen LogP contribution in [0.3, 0.4) is 0 Å². The van der Waals surface area contributed by atoms with Crippen molar-refractivity contribution in [2.75, 3.05) is 41.0 Å². The number of allylic oxidation sites excluding steroid dienone is 16. The molecule has 0 spiro atoms. The fourth-order valence-electron chi connectivity index (χ4n) is 6.42. The second-order valence-corrected chi connectivity index (χ2v) is 16.7. The molecule has 0 aromatic rings. The maximum absolute atomic E-state index is 12.8. The third-order valence-electron chi connectivity index (χ3n) is 10.1. The van der Waals surface area contributed by atoms with Gasteiger partial charge in [0, 0.05) is 19.3 Å². The average Bonchev–Trinajstić information content (AvgIpc) is 3.22. The number of unbranched alkanes of at least 4 members (excludes halogenated alkanes) is 14. The van der Waals surface area contributed by atoms with Gasteiger partial charge in [0.25, 0.3) is 0 Å². The van der Waals surface area contributed by atoms with E-state index in [-0.39, 0.29) is 42.7 Å². The van der Waals surface area contributed by atoms with Crippen LogP contribution in [0.5, 0.6) is 0 Å². The van der Waals surface area contributed by atoms with E-state index in [1.807, 2.05) is 30.4 Å². The molecule has 0 aliphatic heterocycles. The van der Waals surface area contributed by atoms with Gasteiger partial charge in [-0.25, -0.2) is 0 Å². The Morgan fingerprint density at radius 3 is 1.48 bits per heavy atom. The maximum Gasteiger partial charge on any atom is 0.306 e. The minimum Gasteiger partial charge on any atom is -0.544 e. The third-order valence-corrected chi connectivity index (χ3v) is 10.1. The van der Waals surface area contributed by atoms with Crippen LogP contribution in [0.1, 0.15) is 168 Å². The molecule has 0 saturated heterocycles. The average molecular weight is 850 g/mol. The Kier molecular flexibility index (Phi) is 40.3. The van der Waals surface area contributed by atoms with Gasteiger partial charge in [-0.1, -0.05) is 175 Å². The first-order chi connectivity index (χ1) is 29.6. The van der Waals surface area contributed by atoms with Crippen molar-refractivity contribution in [2.45, 2.75) is 180 Å². The molecule has 0 aromatic heterocycles. The summed E-state index contributed by atoms with van der Waals surface area (Å²) in [6.07, 6.45) is 57.2. The first-order valence-corrected chi connectivity index (χ1v) is 23.8. The van der Waals surface area contributed by atoms with E-state index < -0.39 is 18.1 Å². The molecule has 0 fully saturated rings. The van der Waals surface area contributed by atoms with Gasteiger partial charge in [0.2, 0.25) is 0 Å². The Morgan fingerprint density at radius 1 is 0.508 bits per heavy atom. The van der Waals surface area contributed by atoms with Gasteiger partial charge in [0.1, 0.15) is 12.6 Å². The van der Waals surface area contributed by atoms with Crippen LogP contribution in [0.2, 0.25) is 0 Å². The predicted octanol–water partition coefficient (Wildman–Crippen LogP) is 12.1. The summed E-state index contributed by atoms with van der Waals surface area (Å²) in [7, 11) is 5.39. The molecule has 0 aromatic carbocycles. The SMILES string of the molecule is CC/C=C/C=C/C=C/C=C/CCCCCCCC(=O)OCC(COCCC(C(=O)[O-])[N+](C)(C)C)OC(=O)CCCCCCCCCCC/C=C/C/C=C/C/C=C/C/C=C/CC. The normalized spacial score (nSPS) is 13.8. The summed E-state index contributed by atoms with van der Waals surface area (Å²) in [5.74, 6) is -1.78. The molecular formula is C53H87NO7. The lowest BCUT2D eigenvalue weighted by molar-refractivity contribution is -0.889. The number of carboxylic acid groups (broad SMARTS) is 1. The van der Waals surface area contributed by atoms with Crippen LogP contribution >= 0.6 is 0 Å². The summed E-state index contributed by atoms with van der Waals surface area (Å²) < 4.78 is 17.2. The zero-order chi connectivity index (χ0) is 44.9.